The van der Waals surface area contributed by atoms with Crippen molar-refractivity contribution < 1.29 is 42.6 Å². The number of methoxy groups -OCH3 is 4. The van der Waals surface area contributed by atoms with Gasteiger partial charge in [0, 0.05) is 12.7 Å². The van der Waals surface area contributed by atoms with Gasteiger partial charge in [-0.15, -0.1) is 0 Å². The Kier molecular flexibility index (Phi) is 9.53. The van der Waals surface area contributed by atoms with Crippen LogP contribution in [0, 0.1) is 0 Å². The molecule has 0 radical (unpaired) electrons. The van der Waals surface area contributed by atoms with Crippen LogP contribution in [0.4, 0.5) is 0 Å². The summed E-state index contributed by atoms with van der Waals surface area (Å²) in [6.45, 7) is 0.985. The smallest absolute Gasteiger partial charge is 0.186 e. The average molecular weight is 553 g/mol. The van der Waals surface area contributed by atoms with E-state index in [1.807, 2.05) is 72.8 Å². The summed E-state index contributed by atoms with van der Waals surface area (Å²) in [5.74, 6) is 2.32. The highest BCUT2D eigenvalue weighted by atomic mass is 16.8. The Morgan fingerprint density at radius 1 is 0.625 bits per heavy atom. The van der Waals surface area contributed by atoms with E-state index < -0.39 is 37.0 Å². The molecular weight excluding hydrogens is 516 g/mol. The van der Waals surface area contributed by atoms with Gasteiger partial charge in [0.05, 0.1) is 41.2 Å². The molecule has 3 aromatic rings. The van der Waals surface area contributed by atoms with Crippen LogP contribution in [0.15, 0.2) is 72.8 Å². The Bertz CT molecular complexity index is 1180. The highest BCUT2D eigenvalue weighted by Gasteiger charge is 2.51. The summed E-state index contributed by atoms with van der Waals surface area (Å²) in [6.07, 6.45) is -3.21. The maximum Gasteiger partial charge on any atom is 0.186 e. The van der Waals surface area contributed by atoms with E-state index >= 15 is 0 Å². The first kappa shape index (κ1) is 28.4. The fraction of sp³-hybridized carbons (Fsp3) is 0.419. The second kappa shape index (κ2) is 13.5. The Labute approximate surface area is 234 Å². The summed E-state index contributed by atoms with van der Waals surface area (Å²) in [4.78, 5) is 0. The molecule has 40 heavy (non-hydrogen) atoms. The van der Waals surface area contributed by atoms with Gasteiger partial charge in [0.15, 0.2) is 12.6 Å². The van der Waals surface area contributed by atoms with E-state index in [0.29, 0.717) is 19.8 Å². The molecule has 3 aromatic carbocycles. The quantitative estimate of drug-likeness (QED) is 0.337. The number of rotatable bonds is 11. The van der Waals surface area contributed by atoms with E-state index in [2.05, 4.69) is 0 Å². The van der Waals surface area contributed by atoms with Crippen molar-refractivity contribution in [3.8, 4) is 17.2 Å². The standard InChI is InChI=1S/C31H36O9/c1-32-23-11-5-20(6-12-23)17-36-28-27-26(19-38-30(40-27)22-9-15-25(34-3)16-10-22)39-31(35-4)29(28)37-18-21-7-13-24(33-2)14-8-21/h5-16,26-31H,17-19H2,1-4H3. The van der Waals surface area contributed by atoms with Crippen molar-refractivity contribution in [2.75, 3.05) is 35.0 Å². The number of hydrogen-bond acceptors (Lipinski definition) is 9. The summed E-state index contributed by atoms with van der Waals surface area (Å²) in [5.41, 5.74) is 2.85. The van der Waals surface area contributed by atoms with E-state index in [4.69, 9.17) is 42.6 Å². The van der Waals surface area contributed by atoms with Crippen LogP contribution in [0.2, 0.25) is 0 Å². The van der Waals surface area contributed by atoms with Gasteiger partial charge in [-0.25, -0.2) is 0 Å². The van der Waals surface area contributed by atoms with E-state index in [9.17, 15) is 0 Å². The lowest BCUT2D eigenvalue weighted by atomic mass is 9.97. The molecule has 214 valence electrons. The number of benzene rings is 3. The van der Waals surface area contributed by atoms with Gasteiger partial charge in [-0.2, -0.15) is 0 Å². The molecule has 2 saturated heterocycles. The highest BCUT2D eigenvalue weighted by molar-refractivity contribution is 5.29. The Balaban J connectivity index is 1.37. The van der Waals surface area contributed by atoms with Crippen LogP contribution in [0.25, 0.3) is 0 Å². The van der Waals surface area contributed by atoms with Crippen molar-refractivity contribution in [3.05, 3.63) is 89.5 Å². The van der Waals surface area contributed by atoms with Crippen LogP contribution in [-0.2, 0) is 41.6 Å². The Morgan fingerprint density at radius 3 is 1.62 bits per heavy atom. The lowest BCUT2D eigenvalue weighted by Gasteiger charge is -2.48. The molecule has 9 nitrogen and oxygen atoms in total. The predicted molar refractivity (Wildman–Crippen MR) is 145 cm³/mol. The molecule has 0 N–H and O–H groups in total. The third kappa shape index (κ3) is 6.58. The van der Waals surface area contributed by atoms with Gasteiger partial charge in [0.1, 0.15) is 41.7 Å². The molecule has 0 amide bonds. The van der Waals surface area contributed by atoms with Crippen molar-refractivity contribution in [1.82, 2.24) is 0 Å². The lowest BCUT2D eigenvalue weighted by molar-refractivity contribution is -0.369. The van der Waals surface area contributed by atoms with Gasteiger partial charge in [-0.1, -0.05) is 36.4 Å². The van der Waals surface area contributed by atoms with E-state index in [1.54, 1.807) is 28.4 Å². The van der Waals surface area contributed by atoms with Crippen LogP contribution in [-0.4, -0.2) is 65.8 Å². The topological polar surface area (TPSA) is 83.1 Å². The van der Waals surface area contributed by atoms with Crippen molar-refractivity contribution in [3.63, 3.8) is 0 Å². The largest absolute Gasteiger partial charge is 0.497 e. The van der Waals surface area contributed by atoms with Gasteiger partial charge in [-0.05, 0) is 47.5 Å². The summed E-state index contributed by atoms with van der Waals surface area (Å²) in [6, 6.07) is 23.1. The van der Waals surface area contributed by atoms with Gasteiger partial charge in [-0.3, -0.25) is 0 Å². The van der Waals surface area contributed by atoms with Crippen molar-refractivity contribution >= 4 is 0 Å². The maximum absolute atomic E-state index is 6.56. The second-order valence-electron chi connectivity index (χ2n) is 9.57. The number of hydrogen-bond donors (Lipinski definition) is 0. The number of ether oxygens (including phenoxy) is 9. The zero-order chi connectivity index (χ0) is 27.9. The molecule has 6 atom stereocenters. The minimum absolute atomic E-state index is 0.314. The summed E-state index contributed by atoms with van der Waals surface area (Å²) in [5, 5.41) is 0. The van der Waals surface area contributed by atoms with Crippen LogP contribution in [0.3, 0.4) is 0 Å². The zero-order valence-electron chi connectivity index (χ0n) is 23.2. The summed E-state index contributed by atoms with van der Waals surface area (Å²) < 4.78 is 53.4. The average Bonchev–Trinajstić information content (AvgIpc) is 3.02. The molecule has 9 heteroatoms. The minimum atomic E-state index is -0.676. The molecule has 2 fully saturated rings. The van der Waals surface area contributed by atoms with Crippen molar-refractivity contribution in [2.45, 2.75) is 50.2 Å². The monoisotopic (exact) mass is 552 g/mol. The first-order valence-corrected chi connectivity index (χ1v) is 13.2. The fourth-order valence-electron chi connectivity index (χ4n) is 4.86. The van der Waals surface area contributed by atoms with Gasteiger partial charge in [0.2, 0.25) is 0 Å². The van der Waals surface area contributed by atoms with Gasteiger partial charge < -0.3 is 42.6 Å². The fourth-order valence-corrected chi connectivity index (χ4v) is 4.86. The summed E-state index contributed by atoms with van der Waals surface area (Å²) in [7, 11) is 6.52. The molecule has 0 saturated carbocycles. The van der Waals surface area contributed by atoms with Gasteiger partial charge in [0.25, 0.3) is 0 Å². The zero-order valence-corrected chi connectivity index (χ0v) is 23.2. The first-order chi connectivity index (χ1) is 19.6. The SMILES string of the molecule is COc1ccc(COC2C(OC)OC3COC(c4ccc(OC)cc4)OC3C2OCc2ccc(OC)cc2)cc1. The predicted octanol–water partition coefficient (Wildman–Crippen LogP) is 4.67. The van der Waals surface area contributed by atoms with Crippen molar-refractivity contribution in [2.24, 2.45) is 0 Å². The van der Waals surface area contributed by atoms with Crippen LogP contribution in [0.1, 0.15) is 23.0 Å². The molecular formula is C31H36O9. The van der Waals surface area contributed by atoms with E-state index in [1.165, 1.54) is 0 Å². The molecule has 5 rings (SSSR count). The Hall–Kier alpha value is -3.18. The third-order valence-electron chi connectivity index (χ3n) is 7.11. The molecule has 0 bridgehead atoms. The van der Waals surface area contributed by atoms with E-state index in [0.717, 1.165) is 33.9 Å². The molecule has 2 aliphatic heterocycles. The highest BCUT2D eigenvalue weighted by Crippen LogP contribution is 2.37. The molecule has 0 aliphatic carbocycles. The molecule has 2 aliphatic rings. The minimum Gasteiger partial charge on any atom is -0.497 e. The van der Waals surface area contributed by atoms with Crippen LogP contribution >= 0.6 is 0 Å². The number of fused-ring (bicyclic) bond motifs is 1. The maximum atomic E-state index is 6.56. The molecule has 2 heterocycles. The van der Waals surface area contributed by atoms with E-state index in [-0.39, 0.29) is 0 Å². The molecule has 0 aromatic heterocycles. The first-order valence-electron chi connectivity index (χ1n) is 13.2. The van der Waals surface area contributed by atoms with Crippen LogP contribution < -0.4 is 14.2 Å². The lowest BCUT2D eigenvalue weighted by Crippen LogP contribution is -2.63. The summed E-state index contributed by atoms with van der Waals surface area (Å²) >= 11 is 0. The normalized spacial score (nSPS) is 26.1. The Morgan fingerprint density at radius 2 is 1.12 bits per heavy atom. The second-order valence-corrected chi connectivity index (χ2v) is 9.57. The molecule has 6 unspecified atom stereocenters. The third-order valence-corrected chi connectivity index (χ3v) is 7.11. The molecule has 0 spiro atoms. The van der Waals surface area contributed by atoms with Crippen molar-refractivity contribution in [1.29, 1.82) is 0 Å². The van der Waals surface area contributed by atoms with Gasteiger partial charge >= 0.3 is 0 Å². The van der Waals surface area contributed by atoms with Crippen LogP contribution in [0.5, 0.6) is 17.2 Å².